The van der Waals surface area contributed by atoms with E-state index >= 15 is 0 Å². The Labute approximate surface area is 56.9 Å². The summed E-state index contributed by atoms with van der Waals surface area (Å²) < 4.78 is 6.07. The molecule has 0 aliphatic heterocycles. The van der Waals surface area contributed by atoms with E-state index in [0.717, 1.165) is 0 Å². The summed E-state index contributed by atoms with van der Waals surface area (Å²) in [7, 11) is 0. The Hall–Kier alpha value is -1.10. The Balaban J connectivity index is 4.84. The van der Waals surface area contributed by atoms with Crippen LogP contribution < -0.4 is 0 Å². The molecule has 9 heavy (non-hydrogen) atoms. The van der Waals surface area contributed by atoms with Gasteiger partial charge < -0.3 is 0 Å². The second-order valence-corrected chi connectivity index (χ2v) is 14.9. The first kappa shape index (κ1) is 7.90. The van der Waals surface area contributed by atoms with E-state index in [0.29, 0.717) is 0 Å². The minimum absolute atomic E-state index is 1.52. The first-order valence-corrected chi connectivity index (χ1v) is 13.3. The third kappa shape index (κ3) is 1.39. The molecule has 0 saturated carbocycles. The van der Waals surface area contributed by atoms with Gasteiger partial charge in [-0.15, -0.1) is 0 Å². The van der Waals surface area contributed by atoms with Crippen molar-refractivity contribution in [1.29, 1.82) is 21.0 Å². The Morgan fingerprint density at radius 3 is 0.889 bits per heavy atom. The molecule has 38 valence electrons. The van der Waals surface area contributed by atoms with Crippen molar-refractivity contribution >= 4 is 0 Å². The van der Waals surface area contributed by atoms with Crippen LogP contribution in [0, 0.1) is 35.4 Å². The monoisotopic (exact) mass is 306 g/mol. The third-order valence-corrected chi connectivity index (χ3v) is 8.32. The minimum atomic E-state index is -4.42. The number of nitrogens with zero attached hydrogens (tertiary/aromatic N) is 4. The standard InChI is InChI=1S/4CN.Hg/c4*1-2;. The molecule has 0 aliphatic carbocycles. The Bertz CT molecular complexity index is 205. The van der Waals surface area contributed by atoms with Crippen molar-refractivity contribution in [1.82, 2.24) is 0 Å². The fourth-order valence-corrected chi connectivity index (χ4v) is 1.86. The Morgan fingerprint density at radius 1 is 0.667 bits per heavy atom. The molecule has 0 fully saturated rings. The van der Waals surface area contributed by atoms with Gasteiger partial charge in [-0.25, -0.2) is 0 Å². The average molecular weight is 305 g/mol. The zero-order chi connectivity index (χ0) is 7.33. The van der Waals surface area contributed by atoms with E-state index in [4.69, 9.17) is 21.0 Å². The second kappa shape index (κ2) is 3.03. The van der Waals surface area contributed by atoms with Crippen molar-refractivity contribution < 1.29 is 21.5 Å². The van der Waals surface area contributed by atoms with Gasteiger partial charge in [-0.1, -0.05) is 0 Å². The number of nitriles is 4. The van der Waals surface area contributed by atoms with Gasteiger partial charge in [-0.05, 0) is 0 Å². The van der Waals surface area contributed by atoms with Crippen molar-refractivity contribution in [2.45, 2.75) is 0 Å². The molecule has 0 amide bonds. The topological polar surface area (TPSA) is 95.2 Å². The van der Waals surface area contributed by atoms with Crippen LogP contribution in [0.15, 0.2) is 0 Å². The molecule has 0 atom stereocenters. The summed E-state index contributed by atoms with van der Waals surface area (Å²) in [6.45, 7) is 0. The Kier molecular flexibility index (Phi) is 2.66. The molecule has 0 spiro atoms. The van der Waals surface area contributed by atoms with Gasteiger partial charge in [-0.2, -0.15) is 0 Å². The van der Waals surface area contributed by atoms with Crippen LogP contribution in [-0.4, -0.2) is 0 Å². The molecular weight excluding hydrogens is 305 g/mol. The number of hydrogen-bond donors (Lipinski definition) is 0. The summed E-state index contributed by atoms with van der Waals surface area (Å²) in [6.07, 6.45) is 0. The molecular formula is C4HgN4. The molecule has 0 unspecified atom stereocenters. The van der Waals surface area contributed by atoms with Gasteiger partial charge in [-0.3, -0.25) is 0 Å². The summed E-state index contributed by atoms with van der Waals surface area (Å²) >= 11 is -4.42. The van der Waals surface area contributed by atoms with Crippen LogP contribution in [0.5, 0.6) is 0 Å². The van der Waals surface area contributed by atoms with Crippen molar-refractivity contribution in [3.8, 4) is 14.3 Å². The summed E-state index contributed by atoms with van der Waals surface area (Å²) in [5, 5.41) is 32.7. The molecule has 0 saturated heterocycles. The molecule has 0 aromatic carbocycles. The molecule has 0 N–H and O–H groups in total. The van der Waals surface area contributed by atoms with Gasteiger partial charge in [0.25, 0.3) is 0 Å². The van der Waals surface area contributed by atoms with Gasteiger partial charge in [0.15, 0.2) is 0 Å². The molecule has 0 rings (SSSR count). The summed E-state index contributed by atoms with van der Waals surface area (Å²) in [5.41, 5.74) is 0. The van der Waals surface area contributed by atoms with Crippen molar-refractivity contribution in [3.05, 3.63) is 0 Å². The molecule has 0 aromatic heterocycles. The molecule has 4 nitrogen and oxygen atoms in total. The zero-order valence-corrected chi connectivity index (χ0v) is 9.99. The normalized spacial score (nSPS) is 5.78. The van der Waals surface area contributed by atoms with Gasteiger partial charge in [0, 0.05) is 0 Å². The number of hydrogen-bond acceptors (Lipinski definition) is 4. The van der Waals surface area contributed by atoms with E-state index in [1.807, 2.05) is 0 Å². The van der Waals surface area contributed by atoms with Crippen molar-refractivity contribution in [2.24, 2.45) is 0 Å². The maximum absolute atomic E-state index is 8.16. The van der Waals surface area contributed by atoms with E-state index < -0.39 is 21.5 Å². The van der Waals surface area contributed by atoms with E-state index in [1.54, 1.807) is 0 Å². The van der Waals surface area contributed by atoms with Crippen molar-refractivity contribution in [2.75, 3.05) is 0 Å². The predicted octanol–water partition coefficient (Wildman–Crippen LogP) is 0.0646. The second-order valence-electron chi connectivity index (χ2n) is 1.69. The van der Waals surface area contributed by atoms with Gasteiger partial charge in [0.05, 0.1) is 0 Å². The Morgan fingerprint density at radius 2 is 0.889 bits per heavy atom. The molecule has 0 bridgehead atoms. The first-order valence-electron chi connectivity index (χ1n) is 2.31. The summed E-state index contributed by atoms with van der Waals surface area (Å²) in [5.74, 6) is 0. The van der Waals surface area contributed by atoms with Crippen LogP contribution in [0.1, 0.15) is 0 Å². The van der Waals surface area contributed by atoms with Gasteiger partial charge >= 0.3 is 56.8 Å². The van der Waals surface area contributed by atoms with Crippen LogP contribution in [0.3, 0.4) is 0 Å². The molecule has 0 aliphatic rings. The third-order valence-electron chi connectivity index (χ3n) is 0.949. The fraction of sp³-hybridized carbons (Fsp3) is 0. The van der Waals surface area contributed by atoms with Crippen LogP contribution >= 0.6 is 0 Å². The van der Waals surface area contributed by atoms with Crippen LogP contribution in [0.2, 0.25) is 0 Å². The van der Waals surface area contributed by atoms with E-state index in [1.165, 1.54) is 14.3 Å². The quantitative estimate of drug-likeness (QED) is 0.591. The van der Waals surface area contributed by atoms with Gasteiger partial charge in [0.2, 0.25) is 0 Å². The van der Waals surface area contributed by atoms with E-state index in [2.05, 4.69) is 0 Å². The van der Waals surface area contributed by atoms with Gasteiger partial charge in [0.1, 0.15) is 0 Å². The number of rotatable bonds is 0. The van der Waals surface area contributed by atoms with Crippen LogP contribution in [0.25, 0.3) is 0 Å². The summed E-state index contributed by atoms with van der Waals surface area (Å²) in [4.78, 5) is 0. The predicted molar refractivity (Wildman–Crippen MR) is 22.5 cm³/mol. The van der Waals surface area contributed by atoms with Crippen LogP contribution in [0.4, 0.5) is 0 Å². The fourth-order valence-electron chi connectivity index (χ4n) is 0.212. The molecule has 5 heteroatoms. The summed E-state index contributed by atoms with van der Waals surface area (Å²) in [6, 6.07) is 0. The average Bonchev–Trinajstić information content (AvgIpc) is 1.95. The first-order chi connectivity index (χ1) is 4.24. The van der Waals surface area contributed by atoms with E-state index in [-0.39, 0.29) is 0 Å². The molecule has 0 heterocycles. The molecule has 0 aromatic rings. The van der Waals surface area contributed by atoms with E-state index in [9.17, 15) is 0 Å². The zero-order valence-electron chi connectivity index (χ0n) is 4.50. The molecule has 0 radical (unpaired) electrons. The van der Waals surface area contributed by atoms with Crippen LogP contribution in [-0.2, 0) is 21.5 Å². The van der Waals surface area contributed by atoms with Crippen molar-refractivity contribution in [3.63, 3.8) is 0 Å². The SMILES string of the molecule is N#[C][Hg]([C]#N)([C]#N)[C]#N. The maximum atomic E-state index is 8.16.